The van der Waals surface area contributed by atoms with Crippen molar-refractivity contribution in [3.63, 3.8) is 0 Å². The summed E-state index contributed by atoms with van der Waals surface area (Å²) in [5.41, 5.74) is 6.56. The standard InChI is InChI=1S/C56H88N2O15/c1-34-16-11-10-12-17-35(2)46(70-26-15-19-49(57)61)32-42-22-20-40(7)56(67,73-42)53(64)54(65)58-24-14-13-18-43(58)55(66)72-47(37(4)30-41-21-23-45(71-27-25-59)48(31-41)68-8)33-44(60)36(3)29-39(6)51(63)52(69-9)50(62)38(5)28-34/h10-12,16-17,29,34,36-38,40-43,45-48,51-52,59,63,67H,13-15,18-28,30-33H2,1-9H3,(H2,57,61)/b12-10+,16-11+,35-17+,39-29+/t34-,36-,37-,38-,40-,41+,42+,43+,45-,46?,47+,48-,51-,52+,56-/m1/s1. The topological polar surface area (TPSA) is 248 Å². The second kappa shape index (κ2) is 30.0. The number of nitrogens with two attached hydrogens (primary N) is 1. The first-order chi connectivity index (χ1) is 34.6. The fourth-order valence-electron chi connectivity index (χ4n) is 10.9. The van der Waals surface area contributed by atoms with Gasteiger partial charge in [-0.2, -0.15) is 0 Å². The number of carbonyl (C=O) groups is 6. The number of ketones is 3. The number of amides is 2. The fraction of sp³-hybridized carbons (Fsp3) is 0.750. The lowest BCUT2D eigenvalue weighted by Crippen LogP contribution is -2.61. The molecule has 5 N–H and O–H groups in total. The molecule has 0 aromatic rings. The minimum atomic E-state index is -2.50. The summed E-state index contributed by atoms with van der Waals surface area (Å²) < 4.78 is 36.1. The summed E-state index contributed by atoms with van der Waals surface area (Å²) in [5, 5.41) is 33.0. The highest BCUT2D eigenvalue weighted by atomic mass is 16.6. The molecule has 3 aliphatic heterocycles. The number of aliphatic hydroxyl groups is 3. The highest BCUT2D eigenvalue weighted by molar-refractivity contribution is 6.39. The number of esters is 1. The Morgan fingerprint density at radius 3 is 2.32 bits per heavy atom. The molecule has 15 atom stereocenters. The van der Waals surface area contributed by atoms with E-state index in [4.69, 9.17) is 34.2 Å². The fourth-order valence-corrected chi connectivity index (χ4v) is 10.9. The third-order valence-electron chi connectivity index (χ3n) is 15.5. The van der Waals surface area contributed by atoms with Gasteiger partial charge >= 0.3 is 5.97 Å². The number of aliphatic hydroxyl groups excluding tert-OH is 2. The molecule has 4 aliphatic rings. The number of ether oxygens (including phenoxy) is 6. The Kier molecular flexibility index (Phi) is 25.3. The second-order valence-electron chi connectivity index (χ2n) is 21.4. The lowest BCUT2D eigenvalue weighted by molar-refractivity contribution is -0.266. The smallest absolute Gasteiger partial charge is 0.329 e. The first-order valence-electron chi connectivity index (χ1n) is 26.7. The molecule has 0 aromatic carbocycles. The molecule has 73 heavy (non-hydrogen) atoms. The maximum atomic E-state index is 14.5. The number of hydrogen-bond donors (Lipinski definition) is 4. The normalized spacial score (nSPS) is 37.2. The van der Waals surface area contributed by atoms with Crippen LogP contribution in [0, 0.1) is 35.5 Å². The summed E-state index contributed by atoms with van der Waals surface area (Å²) >= 11 is 0. The predicted molar refractivity (Wildman–Crippen MR) is 273 cm³/mol. The molecule has 3 heterocycles. The van der Waals surface area contributed by atoms with E-state index in [-0.39, 0.29) is 93.6 Å². The van der Waals surface area contributed by atoms with Crippen molar-refractivity contribution in [1.29, 1.82) is 0 Å². The lowest BCUT2D eigenvalue weighted by Gasteiger charge is -2.43. The van der Waals surface area contributed by atoms with Crippen LogP contribution < -0.4 is 5.73 Å². The number of primary amides is 1. The van der Waals surface area contributed by atoms with Crippen molar-refractivity contribution >= 4 is 35.1 Å². The van der Waals surface area contributed by atoms with Gasteiger partial charge in [-0.1, -0.05) is 71.1 Å². The zero-order valence-electron chi connectivity index (χ0n) is 45.0. The molecule has 3 fully saturated rings. The molecule has 2 bridgehead atoms. The molecule has 412 valence electrons. The zero-order chi connectivity index (χ0) is 54.0. The van der Waals surface area contributed by atoms with E-state index in [1.807, 2.05) is 51.2 Å². The largest absolute Gasteiger partial charge is 0.460 e. The maximum Gasteiger partial charge on any atom is 0.329 e. The number of piperidine rings is 1. The Morgan fingerprint density at radius 1 is 0.890 bits per heavy atom. The quantitative estimate of drug-likeness (QED) is 0.0733. The Labute approximate surface area is 433 Å². The molecule has 2 amide bonds. The van der Waals surface area contributed by atoms with Gasteiger partial charge in [-0.05, 0) is 113 Å². The average molecular weight is 1030 g/mol. The van der Waals surface area contributed by atoms with Gasteiger partial charge in [-0.3, -0.25) is 24.0 Å². The zero-order valence-corrected chi connectivity index (χ0v) is 45.0. The highest BCUT2D eigenvalue weighted by Crippen LogP contribution is 2.38. The molecular weight excluding hydrogens is 941 g/mol. The average Bonchev–Trinajstić information content (AvgIpc) is 3.36. The van der Waals surface area contributed by atoms with Gasteiger partial charge in [0, 0.05) is 64.4 Å². The maximum absolute atomic E-state index is 14.5. The number of cyclic esters (lactones) is 1. The van der Waals surface area contributed by atoms with E-state index >= 15 is 0 Å². The monoisotopic (exact) mass is 1030 g/mol. The van der Waals surface area contributed by atoms with Gasteiger partial charge in [0.05, 0.1) is 37.6 Å². The number of fused-ring (bicyclic) bond motifs is 3. The van der Waals surface area contributed by atoms with Gasteiger partial charge in [-0.15, -0.1) is 0 Å². The number of carbonyl (C=O) groups excluding carboxylic acids is 6. The molecule has 1 aliphatic carbocycles. The van der Waals surface area contributed by atoms with Crippen LogP contribution in [0.5, 0.6) is 0 Å². The van der Waals surface area contributed by atoms with E-state index in [0.717, 1.165) is 12.0 Å². The highest BCUT2D eigenvalue weighted by Gasteiger charge is 2.53. The van der Waals surface area contributed by atoms with Crippen LogP contribution in [0.2, 0.25) is 0 Å². The molecule has 17 heteroatoms. The predicted octanol–water partition coefficient (Wildman–Crippen LogP) is 5.83. The van der Waals surface area contributed by atoms with E-state index < -0.39 is 83.7 Å². The van der Waals surface area contributed by atoms with Gasteiger partial charge < -0.3 is 54.4 Å². The van der Waals surface area contributed by atoms with E-state index in [9.17, 15) is 44.1 Å². The van der Waals surface area contributed by atoms with Crippen LogP contribution in [0.15, 0.2) is 47.6 Å². The summed E-state index contributed by atoms with van der Waals surface area (Å²) in [6.07, 6.45) is 11.6. The summed E-state index contributed by atoms with van der Waals surface area (Å²) in [4.78, 5) is 84.1. The molecular formula is C56H88N2O15. The van der Waals surface area contributed by atoms with Gasteiger partial charge in [0.1, 0.15) is 30.1 Å². The van der Waals surface area contributed by atoms with E-state index in [0.29, 0.717) is 63.4 Å². The molecule has 0 radical (unpaired) electrons. The minimum Gasteiger partial charge on any atom is -0.460 e. The van der Waals surface area contributed by atoms with Crippen LogP contribution in [-0.4, -0.2) is 150 Å². The number of hydrogen-bond acceptors (Lipinski definition) is 15. The molecule has 2 saturated heterocycles. The van der Waals surface area contributed by atoms with Crippen molar-refractivity contribution in [2.75, 3.05) is 40.6 Å². The van der Waals surface area contributed by atoms with Crippen LogP contribution in [0.25, 0.3) is 0 Å². The van der Waals surface area contributed by atoms with Crippen molar-refractivity contribution in [1.82, 2.24) is 4.90 Å². The van der Waals surface area contributed by atoms with Crippen LogP contribution in [-0.2, 0) is 57.2 Å². The number of nitrogens with zero attached hydrogens (tertiary/aromatic N) is 1. The van der Waals surface area contributed by atoms with Crippen LogP contribution in [0.4, 0.5) is 0 Å². The second-order valence-corrected chi connectivity index (χ2v) is 21.4. The third kappa shape index (κ3) is 17.8. The van der Waals surface area contributed by atoms with Crippen molar-refractivity contribution < 1.29 is 72.5 Å². The van der Waals surface area contributed by atoms with E-state index in [2.05, 4.69) is 0 Å². The number of allylic oxidation sites excluding steroid dienone is 6. The SMILES string of the molecule is CO[C@@H]1C[C@H](C[C@@H](C)[C@@H]2CC(=O)[C@H](C)/C=C(\C)[C@@H](O)[C@@H](OC)C(=O)[C@H](C)C[C@H](C)/C=C/C=C/C=C(\C)C(OCCCC(N)=O)C[C@@H]3CC[C@@H](C)[C@@](O)(O3)C(=O)C(=O)N3CCCC[C@H]3C(=O)O2)CC[C@H]1OCCO. The van der Waals surface area contributed by atoms with Crippen LogP contribution >= 0.6 is 0 Å². The van der Waals surface area contributed by atoms with E-state index in [1.165, 1.54) is 12.0 Å². The van der Waals surface area contributed by atoms with Crippen LogP contribution in [0.3, 0.4) is 0 Å². The first-order valence-corrected chi connectivity index (χ1v) is 26.7. The molecule has 1 saturated carbocycles. The summed E-state index contributed by atoms with van der Waals surface area (Å²) in [5.74, 6) is -8.82. The van der Waals surface area contributed by atoms with E-state index in [1.54, 1.807) is 40.9 Å². The van der Waals surface area contributed by atoms with Crippen molar-refractivity contribution in [2.24, 2.45) is 41.2 Å². The number of methoxy groups -OCH3 is 2. The van der Waals surface area contributed by atoms with Gasteiger partial charge in [-0.25, -0.2) is 4.79 Å². The molecule has 4 rings (SSSR count). The third-order valence-corrected chi connectivity index (χ3v) is 15.5. The van der Waals surface area contributed by atoms with Crippen LogP contribution in [0.1, 0.15) is 138 Å². The molecule has 0 aromatic heterocycles. The molecule has 17 nitrogen and oxygen atoms in total. The Balaban J connectivity index is 1.72. The summed E-state index contributed by atoms with van der Waals surface area (Å²) in [7, 11) is 2.99. The minimum absolute atomic E-state index is 0.0262. The van der Waals surface area contributed by atoms with Crippen molar-refractivity contribution in [3.8, 4) is 0 Å². The van der Waals surface area contributed by atoms with Gasteiger partial charge in [0.2, 0.25) is 11.7 Å². The van der Waals surface area contributed by atoms with Gasteiger partial charge in [0.15, 0.2) is 5.78 Å². The molecule has 0 spiro atoms. The first kappa shape index (κ1) is 61.6. The Morgan fingerprint density at radius 2 is 1.63 bits per heavy atom. The van der Waals surface area contributed by atoms with Crippen molar-refractivity contribution in [2.45, 2.75) is 193 Å². The lowest BCUT2D eigenvalue weighted by atomic mass is 9.78. The summed E-state index contributed by atoms with van der Waals surface area (Å²) in [6.45, 7) is 12.9. The van der Waals surface area contributed by atoms with Gasteiger partial charge in [0.25, 0.3) is 11.7 Å². The number of Topliss-reactive ketones (excluding diaryl/α,β-unsaturated/α-hetero) is 3. The van der Waals surface area contributed by atoms with Crippen molar-refractivity contribution in [3.05, 3.63) is 47.6 Å². The number of rotatable bonds is 13. The summed E-state index contributed by atoms with van der Waals surface area (Å²) in [6, 6.07) is -1.18. The molecule has 1 unspecified atom stereocenters. The Hall–Kier alpha value is -3.94. The Bertz CT molecular complexity index is 1970.